The van der Waals surface area contributed by atoms with Gasteiger partial charge in [-0.15, -0.1) is 0 Å². The lowest BCUT2D eigenvalue weighted by Gasteiger charge is -2.08. The summed E-state index contributed by atoms with van der Waals surface area (Å²) in [6.07, 6.45) is 0. The first kappa shape index (κ1) is 14.7. The average molecular weight is 310 g/mol. The number of aromatic nitrogens is 2. The van der Waals surface area contributed by atoms with Gasteiger partial charge in [-0.3, -0.25) is 10.1 Å². The van der Waals surface area contributed by atoms with Crippen molar-refractivity contribution in [2.24, 2.45) is 0 Å². The van der Waals surface area contributed by atoms with Crippen molar-refractivity contribution in [1.29, 1.82) is 0 Å². The van der Waals surface area contributed by atoms with E-state index in [1.807, 2.05) is 31.2 Å². The van der Waals surface area contributed by atoms with Gasteiger partial charge >= 0.3 is 0 Å². The zero-order valence-corrected chi connectivity index (χ0v) is 12.6. The molecule has 0 atom stereocenters. The van der Waals surface area contributed by atoms with Crippen LogP contribution in [0.2, 0.25) is 0 Å². The summed E-state index contributed by atoms with van der Waals surface area (Å²) in [6.45, 7) is 3.67. The van der Waals surface area contributed by atoms with E-state index in [0.717, 1.165) is 11.3 Å². The molecule has 3 rings (SSSR count). The molecule has 7 heteroatoms. The van der Waals surface area contributed by atoms with Crippen molar-refractivity contribution in [3.63, 3.8) is 0 Å². The monoisotopic (exact) mass is 310 g/mol. The second kappa shape index (κ2) is 5.88. The number of anilines is 2. The highest BCUT2D eigenvalue weighted by molar-refractivity contribution is 5.74. The van der Waals surface area contributed by atoms with Crippen LogP contribution in [0.25, 0.3) is 11.5 Å². The largest absolute Gasteiger partial charge is 0.350 e. The molecule has 0 saturated carbocycles. The lowest BCUT2D eigenvalue weighted by molar-refractivity contribution is -0.383. The fourth-order valence-electron chi connectivity index (χ4n) is 2.13. The third kappa shape index (κ3) is 3.18. The summed E-state index contributed by atoms with van der Waals surface area (Å²) in [5, 5.41) is 18.1. The Balaban J connectivity index is 1.97. The van der Waals surface area contributed by atoms with Gasteiger partial charge in [0.15, 0.2) is 5.82 Å². The second-order valence-electron chi connectivity index (χ2n) is 5.13. The van der Waals surface area contributed by atoms with Crippen molar-refractivity contribution in [1.82, 2.24) is 10.1 Å². The fraction of sp³-hybridized carbons (Fsp3) is 0.125. The van der Waals surface area contributed by atoms with E-state index in [-0.39, 0.29) is 11.6 Å². The van der Waals surface area contributed by atoms with Crippen molar-refractivity contribution in [3.05, 3.63) is 64.0 Å². The summed E-state index contributed by atoms with van der Waals surface area (Å²) in [5.74, 6) is 0.733. The van der Waals surface area contributed by atoms with Crippen LogP contribution in [0.4, 0.5) is 17.1 Å². The summed E-state index contributed by atoms with van der Waals surface area (Å²) in [7, 11) is 0. The molecule has 0 spiro atoms. The van der Waals surface area contributed by atoms with Crippen molar-refractivity contribution < 1.29 is 9.45 Å². The molecule has 1 aromatic heterocycles. The predicted molar refractivity (Wildman–Crippen MR) is 85.6 cm³/mol. The average Bonchev–Trinajstić information content (AvgIpc) is 2.96. The molecule has 2 aromatic carbocycles. The van der Waals surface area contributed by atoms with Crippen LogP contribution in [-0.4, -0.2) is 15.1 Å². The van der Waals surface area contributed by atoms with Gasteiger partial charge in [-0.1, -0.05) is 22.9 Å². The minimum atomic E-state index is -0.441. The van der Waals surface area contributed by atoms with Gasteiger partial charge in [0.05, 0.1) is 4.92 Å². The van der Waals surface area contributed by atoms with Gasteiger partial charge in [0, 0.05) is 17.3 Å². The van der Waals surface area contributed by atoms with Crippen molar-refractivity contribution in [2.45, 2.75) is 13.8 Å². The maximum Gasteiger partial charge on any atom is 0.293 e. The van der Waals surface area contributed by atoms with Crippen LogP contribution in [0, 0.1) is 24.0 Å². The molecule has 1 N–H and O–H groups in total. The molecule has 0 aliphatic carbocycles. The van der Waals surface area contributed by atoms with E-state index in [1.54, 1.807) is 19.1 Å². The van der Waals surface area contributed by atoms with Gasteiger partial charge in [-0.05, 0) is 38.1 Å². The molecule has 0 bridgehead atoms. The van der Waals surface area contributed by atoms with E-state index in [0.29, 0.717) is 17.1 Å². The number of nitrogens with one attached hydrogen (secondary N) is 1. The first-order valence-corrected chi connectivity index (χ1v) is 6.96. The Morgan fingerprint density at radius 2 is 1.87 bits per heavy atom. The summed E-state index contributed by atoms with van der Waals surface area (Å²) in [6, 6.07) is 12.4. The van der Waals surface area contributed by atoms with Crippen LogP contribution in [0.1, 0.15) is 11.4 Å². The first-order chi connectivity index (χ1) is 11.0. The molecule has 0 amide bonds. The molecule has 1 heterocycles. The lowest BCUT2D eigenvalue weighted by Crippen LogP contribution is -1.97. The molecular formula is C16H14N4O3. The molecule has 0 saturated heterocycles. The second-order valence-corrected chi connectivity index (χ2v) is 5.13. The minimum absolute atomic E-state index is 0.0565. The molecule has 116 valence electrons. The summed E-state index contributed by atoms with van der Waals surface area (Å²) >= 11 is 0. The Bertz CT molecular complexity index is 856. The van der Waals surface area contributed by atoms with Crippen molar-refractivity contribution in [3.8, 4) is 11.5 Å². The van der Waals surface area contributed by atoms with Crippen LogP contribution in [0.15, 0.2) is 47.0 Å². The van der Waals surface area contributed by atoms with Crippen LogP contribution < -0.4 is 5.32 Å². The van der Waals surface area contributed by atoms with Crippen LogP contribution in [-0.2, 0) is 0 Å². The number of hydrogen-bond acceptors (Lipinski definition) is 6. The van der Waals surface area contributed by atoms with E-state index >= 15 is 0 Å². The Morgan fingerprint density at radius 3 is 2.48 bits per heavy atom. The topological polar surface area (TPSA) is 94.1 Å². The summed E-state index contributed by atoms with van der Waals surface area (Å²) < 4.78 is 5.05. The highest BCUT2D eigenvalue weighted by Gasteiger charge is 2.18. The van der Waals surface area contributed by atoms with E-state index in [1.165, 1.54) is 6.07 Å². The van der Waals surface area contributed by atoms with Gasteiger partial charge in [-0.25, -0.2) is 0 Å². The molecular weight excluding hydrogens is 296 g/mol. The number of aryl methyl sites for hydroxylation is 2. The van der Waals surface area contributed by atoms with Gasteiger partial charge in [-0.2, -0.15) is 4.98 Å². The highest BCUT2D eigenvalue weighted by atomic mass is 16.6. The van der Waals surface area contributed by atoms with Crippen molar-refractivity contribution >= 4 is 17.1 Å². The smallest absolute Gasteiger partial charge is 0.293 e. The van der Waals surface area contributed by atoms with Crippen LogP contribution in [0.5, 0.6) is 0 Å². The molecule has 0 radical (unpaired) electrons. The maximum atomic E-state index is 11.4. The molecule has 7 nitrogen and oxygen atoms in total. The normalized spacial score (nSPS) is 10.5. The Hall–Kier alpha value is -3.22. The maximum absolute atomic E-state index is 11.4. The van der Waals surface area contributed by atoms with Gasteiger partial charge in [0.2, 0.25) is 0 Å². The summed E-state index contributed by atoms with van der Waals surface area (Å²) in [5.41, 5.74) is 2.75. The number of nitrogens with zero attached hydrogens (tertiary/aromatic N) is 3. The minimum Gasteiger partial charge on any atom is -0.350 e. The zero-order valence-electron chi connectivity index (χ0n) is 12.6. The first-order valence-electron chi connectivity index (χ1n) is 6.96. The number of nitro benzene ring substituents is 1. The van der Waals surface area contributed by atoms with E-state index in [2.05, 4.69) is 15.5 Å². The van der Waals surface area contributed by atoms with Crippen LogP contribution in [0.3, 0.4) is 0 Å². The van der Waals surface area contributed by atoms with Crippen molar-refractivity contribution in [2.75, 3.05) is 5.32 Å². The SMILES string of the molecule is Cc1ccc(Nc2ccc(-c3nc(C)no3)cc2[N+](=O)[O-])cc1. The predicted octanol–water partition coefficient (Wildman–Crippen LogP) is 4.01. The third-order valence-corrected chi connectivity index (χ3v) is 3.30. The fourth-order valence-corrected chi connectivity index (χ4v) is 2.13. The number of hydrogen-bond donors (Lipinski definition) is 1. The number of nitro groups is 1. The van der Waals surface area contributed by atoms with E-state index < -0.39 is 4.92 Å². The highest BCUT2D eigenvalue weighted by Crippen LogP contribution is 2.32. The molecule has 23 heavy (non-hydrogen) atoms. The number of rotatable bonds is 4. The van der Waals surface area contributed by atoms with Gasteiger partial charge < -0.3 is 9.84 Å². The molecule has 0 aliphatic heterocycles. The van der Waals surface area contributed by atoms with E-state index in [4.69, 9.17) is 4.52 Å². The Labute approximate surface area is 132 Å². The van der Waals surface area contributed by atoms with Crippen LogP contribution >= 0.6 is 0 Å². The Morgan fingerprint density at radius 1 is 1.13 bits per heavy atom. The lowest BCUT2D eigenvalue weighted by atomic mass is 10.1. The quantitative estimate of drug-likeness (QED) is 0.578. The molecule has 0 unspecified atom stereocenters. The van der Waals surface area contributed by atoms with Gasteiger partial charge in [0.1, 0.15) is 5.69 Å². The van der Waals surface area contributed by atoms with E-state index in [9.17, 15) is 10.1 Å². The number of benzene rings is 2. The molecule has 3 aromatic rings. The zero-order chi connectivity index (χ0) is 16.4. The Kier molecular flexibility index (Phi) is 3.76. The third-order valence-electron chi connectivity index (χ3n) is 3.30. The standard InChI is InChI=1S/C16H14N4O3/c1-10-3-6-13(7-4-10)18-14-8-5-12(9-15(14)20(21)22)16-17-11(2)19-23-16/h3-9,18H,1-2H3. The molecule has 0 aliphatic rings. The van der Waals surface area contributed by atoms with Gasteiger partial charge in [0.25, 0.3) is 11.6 Å². The summed E-state index contributed by atoms with van der Waals surface area (Å²) in [4.78, 5) is 15.0. The molecule has 0 fully saturated rings.